The Morgan fingerprint density at radius 3 is 2.62 bits per heavy atom. The zero-order chi connectivity index (χ0) is 22.5. The highest BCUT2D eigenvalue weighted by Crippen LogP contribution is 2.25. The van der Waals surface area contributed by atoms with E-state index in [1.807, 2.05) is 60.0 Å². The molecule has 32 heavy (non-hydrogen) atoms. The molecule has 0 unspecified atom stereocenters. The molecule has 1 aromatic heterocycles. The van der Waals surface area contributed by atoms with Crippen molar-refractivity contribution in [2.24, 2.45) is 0 Å². The number of hydrogen-bond acceptors (Lipinski definition) is 5. The topological polar surface area (TPSA) is 76.5 Å². The van der Waals surface area contributed by atoms with E-state index in [4.69, 9.17) is 16.3 Å². The van der Waals surface area contributed by atoms with Gasteiger partial charge in [0.05, 0.1) is 26.2 Å². The normalized spacial score (nSPS) is 13.8. The fourth-order valence-electron chi connectivity index (χ4n) is 3.61. The van der Waals surface area contributed by atoms with Gasteiger partial charge in [-0.2, -0.15) is 4.98 Å². The predicted octanol–water partition coefficient (Wildman–Crippen LogP) is 3.40. The maximum absolute atomic E-state index is 12.8. The summed E-state index contributed by atoms with van der Waals surface area (Å²) in [7, 11) is 0. The average molecular weight is 453 g/mol. The summed E-state index contributed by atoms with van der Waals surface area (Å²) < 4.78 is 7.17. The second-order valence-corrected chi connectivity index (χ2v) is 8.12. The third-order valence-corrected chi connectivity index (χ3v) is 5.89. The van der Waals surface area contributed by atoms with Crippen LogP contribution in [0.15, 0.2) is 59.5 Å². The standard InChI is InChI=1S/C24H25ClN4O3/c1-17-20(25)8-5-9-21(17)26-24-27-23(31)19(14-22(30)28-10-12-32-13-11-28)16-29(24)15-18-6-3-2-4-7-18/h2-9,16H,10-15H2,1H3,(H,26,27,31). The minimum absolute atomic E-state index is 0.0110. The quantitative estimate of drug-likeness (QED) is 0.620. The van der Waals surface area contributed by atoms with E-state index < -0.39 is 5.56 Å². The van der Waals surface area contributed by atoms with E-state index in [9.17, 15) is 9.59 Å². The number of halogens is 1. The molecule has 0 spiro atoms. The molecule has 0 radical (unpaired) electrons. The minimum Gasteiger partial charge on any atom is -0.378 e. The number of morpholine rings is 1. The Balaban J connectivity index is 1.67. The number of ether oxygens (including phenoxy) is 1. The van der Waals surface area contributed by atoms with Crippen molar-refractivity contribution in [1.82, 2.24) is 14.5 Å². The first kappa shape index (κ1) is 22.0. The maximum Gasteiger partial charge on any atom is 0.278 e. The summed E-state index contributed by atoms with van der Waals surface area (Å²) in [4.78, 5) is 31.6. The van der Waals surface area contributed by atoms with Crippen LogP contribution in [0.1, 0.15) is 16.7 Å². The molecule has 0 saturated carbocycles. The van der Waals surface area contributed by atoms with Crippen molar-refractivity contribution in [3.05, 3.63) is 86.8 Å². The van der Waals surface area contributed by atoms with Gasteiger partial charge in [0.15, 0.2) is 0 Å². The van der Waals surface area contributed by atoms with Gasteiger partial charge in [0.2, 0.25) is 11.9 Å². The monoisotopic (exact) mass is 452 g/mol. The molecule has 4 rings (SSSR count). The Kier molecular flexibility index (Phi) is 6.87. The highest BCUT2D eigenvalue weighted by molar-refractivity contribution is 6.31. The SMILES string of the molecule is Cc1c(Cl)cccc1Nc1nc(=O)c(CC(=O)N2CCOCC2)cn1Cc1ccccc1. The predicted molar refractivity (Wildman–Crippen MR) is 125 cm³/mol. The zero-order valence-corrected chi connectivity index (χ0v) is 18.6. The number of nitrogens with zero attached hydrogens (tertiary/aromatic N) is 3. The van der Waals surface area contributed by atoms with Crippen LogP contribution >= 0.6 is 11.6 Å². The molecular weight excluding hydrogens is 428 g/mol. The number of carbonyl (C=O) groups is 1. The lowest BCUT2D eigenvalue weighted by atomic mass is 10.2. The molecule has 3 aromatic rings. The molecule has 1 saturated heterocycles. The number of hydrogen-bond donors (Lipinski definition) is 1. The van der Waals surface area contributed by atoms with Crippen molar-refractivity contribution in [3.63, 3.8) is 0 Å². The molecule has 8 heteroatoms. The van der Waals surface area contributed by atoms with Gasteiger partial charge >= 0.3 is 0 Å². The van der Waals surface area contributed by atoms with Gasteiger partial charge in [-0.1, -0.05) is 48.0 Å². The number of aromatic nitrogens is 2. The van der Waals surface area contributed by atoms with E-state index in [1.165, 1.54) is 0 Å². The summed E-state index contributed by atoms with van der Waals surface area (Å²) in [5, 5.41) is 3.87. The van der Waals surface area contributed by atoms with Gasteiger partial charge in [-0.25, -0.2) is 0 Å². The van der Waals surface area contributed by atoms with Crippen molar-refractivity contribution in [1.29, 1.82) is 0 Å². The summed E-state index contributed by atoms with van der Waals surface area (Å²) in [6.07, 6.45) is 1.74. The first-order valence-corrected chi connectivity index (χ1v) is 10.9. The van der Waals surface area contributed by atoms with Crippen molar-refractivity contribution < 1.29 is 9.53 Å². The number of nitrogens with one attached hydrogen (secondary N) is 1. The molecule has 2 aromatic carbocycles. The second-order valence-electron chi connectivity index (χ2n) is 7.72. The molecule has 0 atom stereocenters. The number of amides is 1. The van der Waals surface area contributed by atoms with Crippen LogP contribution in [-0.2, 0) is 22.5 Å². The van der Waals surface area contributed by atoms with Crippen molar-refractivity contribution in [2.45, 2.75) is 19.9 Å². The van der Waals surface area contributed by atoms with E-state index in [2.05, 4.69) is 10.3 Å². The van der Waals surface area contributed by atoms with Gasteiger partial charge < -0.3 is 19.5 Å². The van der Waals surface area contributed by atoms with Gasteiger partial charge in [0, 0.05) is 35.6 Å². The Hall–Kier alpha value is -3.16. The summed E-state index contributed by atoms with van der Waals surface area (Å²) in [5.41, 5.74) is 2.63. The molecule has 0 bridgehead atoms. The van der Waals surface area contributed by atoms with Crippen LogP contribution < -0.4 is 10.9 Å². The van der Waals surface area contributed by atoms with Crippen molar-refractivity contribution >= 4 is 29.1 Å². The van der Waals surface area contributed by atoms with Gasteiger partial charge in [0.25, 0.3) is 5.56 Å². The van der Waals surface area contributed by atoms with Crippen LogP contribution in [0, 0.1) is 6.92 Å². The van der Waals surface area contributed by atoms with Gasteiger partial charge in [0.1, 0.15) is 0 Å². The Labute approximate surface area is 191 Å². The summed E-state index contributed by atoms with van der Waals surface area (Å²) >= 11 is 6.26. The minimum atomic E-state index is -0.418. The van der Waals surface area contributed by atoms with E-state index in [0.717, 1.165) is 16.8 Å². The lowest BCUT2D eigenvalue weighted by molar-refractivity contribution is -0.134. The number of carbonyl (C=O) groups excluding carboxylic acids is 1. The fraction of sp³-hybridized carbons (Fsp3) is 0.292. The number of anilines is 2. The lowest BCUT2D eigenvalue weighted by Gasteiger charge is -2.27. The van der Waals surface area contributed by atoms with Crippen LogP contribution in [-0.4, -0.2) is 46.7 Å². The van der Waals surface area contributed by atoms with Crippen LogP contribution in [0.3, 0.4) is 0 Å². The zero-order valence-electron chi connectivity index (χ0n) is 17.9. The molecule has 1 aliphatic heterocycles. The fourth-order valence-corrected chi connectivity index (χ4v) is 3.78. The summed E-state index contributed by atoms with van der Waals surface area (Å²) in [5.74, 6) is 0.302. The Bertz CT molecular complexity index is 1160. The summed E-state index contributed by atoms with van der Waals surface area (Å²) in [6.45, 7) is 4.51. The molecule has 1 amide bonds. The van der Waals surface area contributed by atoms with E-state index >= 15 is 0 Å². The molecular formula is C24H25ClN4O3. The largest absolute Gasteiger partial charge is 0.378 e. The molecule has 1 fully saturated rings. The van der Waals surface area contributed by atoms with Crippen molar-refractivity contribution in [3.8, 4) is 0 Å². The third kappa shape index (κ3) is 5.18. The highest BCUT2D eigenvalue weighted by atomic mass is 35.5. The first-order valence-electron chi connectivity index (χ1n) is 10.5. The number of rotatable bonds is 6. The van der Waals surface area contributed by atoms with Gasteiger partial charge in [-0.3, -0.25) is 9.59 Å². The van der Waals surface area contributed by atoms with Gasteiger partial charge in [-0.15, -0.1) is 0 Å². The Morgan fingerprint density at radius 2 is 1.88 bits per heavy atom. The van der Waals surface area contributed by atoms with Crippen LogP contribution in [0.4, 0.5) is 11.6 Å². The van der Waals surface area contributed by atoms with Gasteiger partial charge in [-0.05, 0) is 30.2 Å². The van der Waals surface area contributed by atoms with Crippen LogP contribution in [0.5, 0.6) is 0 Å². The average Bonchev–Trinajstić information content (AvgIpc) is 2.81. The van der Waals surface area contributed by atoms with E-state index in [0.29, 0.717) is 49.4 Å². The Morgan fingerprint density at radius 1 is 1.12 bits per heavy atom. The highest BCUT2D eigenvalue weighted by Gasteiger charge is 2.20. The van der Waals surface area contributed by atoms with E-state index in [1.54, 1.807) is 11.1 Å². The summed E-state index contributed by atoms with van der Waals surface area (Å²) in [6, 6.07) is 15.4. The van der Waals surface area contributed by atoms with Crippen LogP contribution in [0.25, 0.3) is 0 Å². The maximum atomic E-state index is 12.8. The molecule has 0 aliphatic carbocycles. The molecule has 1 N–H and O–H groups in total. The second kappa shape index (κ2) is 9.97. The molecule has 1 aliphatic rings. The van der Waals surface area contributed by atoms with Crippen LogP contribution in [0.2, 0.25) is 5.02 Å². The number of benzene rings is 2. The van der Waals surface area contributed by atoms with E-state index in [-0.39, 0.29) is 12.3 Å². The van der Waals surface area contributed by atoms with Crippen molar-refractivity contribution in [2.75, 3.05) is 31.6 Å². The first-order chi connectivity index (χ1) is 15.5. The molecule has 166 valence electrons. The smallest absolute Gasteiger partial charge is 0.278 e. The molecule has 7 nitrogen and oxygen atoms in total. The molecule has 2 heterocycles. The third-order valence-electron chi connectivity index (χ3n) is 5.48. The lowest BCUT2D eigenvalue weighted by Crippen LogP contribution is -2.42.